The number of aryl methyl sites for hydroxylation is 1. The maximum Gasteiger partial charge on any atom is 0.246 e. The van der Waals surface area contributed by atoms with E-state index >= 15 is 0 Å². The van der Waals surface area contributed by atoms with Gasteiger partial charge < -0.3 is 14.3 Å². The van der Waals surface area contributed by atoms with Crippen molar-refractivity contribution in [1.29, 1.82) is 0 Å². The quantitative estimate of drug-likeness (QED) is 0.752. The number of hydrogen-bond donors (Lipinski definition) is 1. The van der Waals surface area contributed by atoms with Gasteiger partial charge in [-0.05, 0) is 37.3 Å². The molecule has 1 amide bonds. The van der Waals surface area contributed by atoms with Crippen LogP contribution in [-0.4, -0.2) is 27.8 Å². The molecule has 5 heteroatoms. The van der Waals surface area contributed by atoms with Crippen LogP contribution in [-0.2, 0) is 11.3 Å². The zero-order valence-corrected chi connectivity index (χ0v) is 12.5. The number of para-hydroxylation sites is 2. The molecule has 2 aromatic heterocycles. The maximum absolute atomic E-state index is 12.1. The minimum atomic E-state index is -0.102. The Balaban J connectivity index is 1.66. The second-order valence-corrected chi connectivity index (χ2v) is 5.18. The van der Waals surface area contributed by atoms with E-state index in [-0.39, 0.29) is 5.91 Å². The lowest BCUT2D eigenvalue weighted by molar-refractivity contribution is -0.125. The first kappa shape index (κ1) is 14.1. The summed E-state index contributed by atoms with van der Waals surface area (Å²) in [6.07, 6.45) is 3.17. The van der Waals surface area contributed by atoms with E-state index in [1.807, 2.05) is 43.3 Å². The van der Waals surface area contributed by atoms with E-state index in [2.05, 4.69) is 9.97 Å². The van der Waals surface area contributed by atoms with Crippen molar-refractivity contribution in [2.75, 3.05) is 7.05 Å². The zero-order valence-electron chi connectivity index (χ0n) is 12.5. The predicted octanol–water partition coefficient (Wildman–Crippen LogP) is 3.14. The van der Waals surface area contributed by atoms with Gasteiger partial charge in [-0.25, -0.2) is 4.98 Å². The van der Waals surface area contributed by atoms with Gasteiger partial charge in [0.1, 0.15) is 17.3 Å². The second kappa shape index (κ2) is 5.89. The van der Waals surface area contributed by atoms with Crippen molar-refractivity contribution in [3.63, 3.8) is 0 Å². The van der Waals surface area contributed by atoms with Gasteiger partial charge in [-0.15, -0.1) is 0 Å². The molecule has 2 heterocycles. The van der Waals surface area contributed by atoms with E-state index in [9.17, 15) is 4.79 Å². The van der Waals surface area contributed by atoms with Gasteiger partial charge in [0.25, 0.3) is 0 Å². The average Bonchev–Trinajstić information content (AvgIpc) is 3.09. The summed E-state index contributed by atoms with van der Waals surface area (Å²) in [5.41, 5.74) is 1.87. The third-order valence-electron chi connectivity index (χ3n) is 3.35. The molecule has 0 bridgehead atoms. The predicted molar refractivity (Wildman–Crippen MR) is 85.0 cm³/mol. The summed E-state index contributed by atoms with van der Waals surface area (Å²) in [5.74, 6) is 2.15. The fourth-order valence-electron chi connectivity index (χ4n) is 2.21. The molecule has 0 aliphatic carbocycles. The van der Waals surface area contributed by atoms with Crippen molar-refractivity contribution in [3.05, 3.63) is 59.8 Å². The Labute approximate surface area is 128 Å². The van der Waals surface area contributed by atoms with Crippen molar-refractivity contribution in [2.24, 2.45) is 0 Å². The Morgan fingerprint density at radius 3 is 2.86 bits per heavy atom. The van der Waals surface area contributed by atoms with E-state index in [0.717, 1.165) is 22.6 Å². The molecule has 1 aromatic carbocycles. The minimum Gasteiger partial charge on any atom is -0.462 e. The van der Waals surface area contributed by atoms with Gasteiger partial charge in [-0.1, -0.05) is 12.1 Å². The van der Waals surface area contributed by atoms with Crippen LogP contribution in [0.4, 0.5) is 0 Å². The van der Waals surface area contributed by atoms with Gasteiger partial charge in [-0.2, -0.15) is 0 Å². The van der Waals surface area contributed by atoms with Crippen LogP contribution in [0.5, 0.6) is 0 Å². The lowest BCUT2D eigenvalue weighted by Gasteiger charge is -2.12. The van der Waals surface area contributed by atoms with Gasteiger partial charge >= 0.3 is 0 Å². The third kappa shape index (κ3) is 3.09. The lowest BCUT2D eigenvalue weighted by atomic mass is 10.3. The third-order valence-corrected chi connectivity index (χ3v) is 3.35. The summed E-state index contributed by atoms with van der Waals surface area (Å²) >= 11 is 0. The zero-order chi connectivity index (χ0) is 15.5. The molecule has 0 atom stereocenters. The van der Waals surface area contributed by atoms with Crippen LogP contribution in [0.15, 0.2) is 46.9 Å². The van der Waals surface area contributed by atoms with Crippen LogP contribution in [0.25, 0.3) is 17.1 Å². The van der Waals surface area contributed by atoms with E-state index in [1.165, 1.54) is 6.08 Å². The number of nitrogens with one attached hydrogen (secondary N) is 1. The number of amides is 1. The molecule has 1 N–H and O–H groups in total. The number of H-pyrrole nitrogens is 1. The van der Waals surface area contributed by atoms with Gasteiger partial charge in [0.15, 0.2) is 0 Å². The molecule has 0 aliphatic heterocycles. The largest absolute Gasteiger partial charge is 0.462 e. The molecule has 112 valence electrons. The van der Waals surface area contributed by atoms with Crippen molar-refractivity contribution < 1.29 is 9.21 Å². The van der Waals surface area contributed by atoms with Crippen LogP contribution in [0.2, 0.25) is 0 Å². The second-order valence-electron chi connectivity index (χ2n) is 5.18. The summed E-state index contributed by atoms with van der Waals surface area (Å²) in [7, 11) is 1.74. The van der Waals surface area contributed by atoms with Crippen LogP contribution < -0.4 is 0 Å². The van der Waals surface area contributed by atoms with E-state index in [4.69, 9.17) is 4.42 Å². The molecule has 0 aliphatic rings. The molecule has 0 unspecified atom stereocenters. The Bertz CT molecular complexity index is 796. The Kier molecular flexibility index (Phi) is 3.78. The monoisotopic (exact) mass is 295 g/mol. The number of likely N-dealkylation sites (N-methyl/N-ethyl adjacent to an activating group) is 1. The number of carbonyl (C=O) groups is 1. The summed E-state index contributed by atoms with van der Waals surface area (Å²) in [6, 6.07) is 11.5. The van der Waals surface area contributed by atoms with Gasteiger partial charge in [0.2, 0.25) is 5.91 Å². The van der Waals surface area contributed by atoms with Crippen LogP contribution >= 0.6 is 0 Å². The smallest absolute Gasteiger partial charge is 0.246 e. The number of aromatic nitrogens is 2. The van der Waals surface area contributed by atoms with Gasteiger partial charge in [0, 0.05) is 13.1 Å². The Hall–Kier alpha value is -2.82. The van der Waals surface area contributed by atoms with Gasteiger partial charge in [-0.3, -0.25) is 4.79 Å². The molecular weight excluding hydrogens is 278 g/mol. The Morgan fingerprint density at radius 1 is 1.32 bits per heavy atom. The van der Waals surface area contributed by atoms with E-state index < -0.39 is 0 Å². The fraction of sp³-hybridized carbons (Fsp3) is 0.176. The number of aromatic amines is 1. The van der Waals surface area contributed by atoms with Crippen LogP contribution in [0.3, 0.4) is 0 Å². The summed E-state index contributed by atoms with van der Waals surface area (Å²) < 4.78 is 5.40. The van der Waals surface area contributed by atoms with E-state index in [1.54, 1.807) is 18.0 Å². The van der Waals surface area contributed by atoms with Gasteiger partial charge in [0.05, 0.1) is 17.6 Å². The van der Waals surface area contributed by atoms with Crippen LogP contribution in [0, 0.1) is 6.92 Å². The molecule has 0 saturated carbocycles. The SMILES string of the molecule is Cc1ccc(C=CC(=O)N(C)Cc2nc3ccccc3[nH]2)o1. The summed E-state index contributed by atoms with van der Waals surface area (Å²) in [5, 5.41) is 0. The Morgan fingerprint density at radius 2 is 2.14 bits per heavy atom. The highest BCUT2D eigenvalue weighted by atomic mass is 16.3. The summed E-state index contributed by atoms with van der Waals surface area (Å²) in [6.45, 7) is 2.29. The first-order valence-electron chi connectivity index (χ1n) is 7.05. The number of hydrogen-bond acceptors (Lipinski definition) is 3. The number of imidazole rings is 1. The standard InChI is InChI=1S/C17H17N3O2/c1-12-7-8-13(22-12)9-10-17(21)20(2)11-16-18-14-5-3-4-6-15(14)19-16/h3-10H,11H2,1-2H3,(H,18,19). The molecule has 0 spiro atoms. The van der Waals surface area contributed by atoms with Crippen molar-refractivity contribution in [3.8, 4) is 0 Å². The number of fused-ring (bicyclic) bond motifs is 1. The first-order valence-corrected chi connectivity index (χ1v) is 7.05. The number of rotatable bonds is 4. The average molecular weight is 295 g/mol. The summed E-state index contributed by atoms with van der Waals surface area (Å²) in [4.78, 5) is 21.4. The topological polar surface area (TPSA) is 62.1 Å². The highest BCUT2D eigenvalue weighted by Gasteiger charge is 2.09. The molecule has 5 nitrogen and oxygen atoms in total. The van der Waals surface area contributed by atoms with E-state index in [0.29, 0.717) is 12.3 Å². The molecule has 0 radical (unpaired) electrons. The number of benzene rings is 1. The maximum atomic E-state index is 12.1. The highest BCUT2D eigenvalue weighted by Crippen LogP contribution is 2.12. The number of nitrogens with zero attached hydrogens (tertiary/aromatic N) is 2. The lowest BCUT2D eigenvalue weighted by Crippen LogP contribution is -2.24. The first-order chi connectivity index (χ1) is 10.6. The molecule has 3 rings (SSSR count). The van der Waals surface area contributed by atoms with Crippen molar-refractivity contribution in [1.82, 2.24) is 14.9 Å². The molecule has 3 aromatic rings. The van der Waals surface area contributed by atoms with Crippen molar-refractivity contribution in [2.45, 2.75) is 13.5 Å². The molecule has 0 saturated heterocycles. The molecule has 22 heavy (non-hydrogen) atoms. The highest BCUT2D eigenvalue weighted by molar-refractivity contribution is 5.91. The minimum absolute atomic E-state index is 0.102. The van der Waals surface area contributed by atoms with Crippen molar-refractivity contribution >= 4 is 23.0 Å². The normalized spacial score (nSPS) is 11.4. The molecule has 0 fully saturated rings. The molecular formula is C17H17N3O2. The number of furan rings is 1. The van der Waals surface area contributed by atoms with Crippen LogP contribution in [0.1, 0.15) is 17.3 Å². The number of carbonyl (C=O) groups excluding carboxylic acids is 1. The fourth-order valence-corrected chi connectivity index (χ4v) is 2.21.